The number of furan rings is 2. The number of aryl methyl sites for hydroxylation is 4. The van der Waals surface area contributed by atoms with Crippen LogP contribution in [0.1, 0.15) is 22.6 Å². The fourth-order valence-corrected chi connectivity index (χ4v) is 6.02. The molecule has 0 aliphatic heterocycles. The molecule has 2 aliphatic rings. The minimum atomic E-state index is 0.955. The Labute approximate surface area is 185 Å². The van der Waals surface area contributed by atoms with Crippen molar-refractivity contribution in [2.24, 2.45) is 0 Å². The lowest BCUT2D eigenvalue weighted by Gasteiger charge is -2.15. The number of benzene rings is 4. The summed E-state index contributed by atoms with van der Waals surface area (Å²) in [5.74, 6) is 2.22. The van der Waals surface area contributed by atoms with Crippen LogP contribution in [-0.4, -0.2) is 0 Å². The molecule has 8 rings (SSSR count). The standard InChI is InChI=1S/C30H20O2/c1-3-7-19-17(5-1)9-15-25-27(19)23-13-11-22-21(29(23)31-25)12-14-24-28-20-8-4-2-6-18(20)10-16-26(28)32-30(22)24/h1-8,11-14H,9-10,15-16H2. The van der Waals surface area contributed by atoms with E-state index in [9.17, 15) is 0 Å². The monoisotopic (exact) mass is 412 g/mol. The van der Waals surface area contributed by atoms with E-state index in [1.54, 1.807) is 0 Å². The molecule has 2 heteroatoms. The molecule has 152 valence electrons. The maximum Gasteiger partial charge on any atom is 0.142 e. The second-order valence-electron chi connectivity index (χ2n) is 9.09. The molecule has 2 aliphatic carbocycles. The normalized spacial score (nSPS) is 14.4. The lowest BCUT2D eigenvalue weighted by Crippen LogP contribution is -2.00. The summed E-state index contributed by atoms with van der Waals surface area (Å²) in [5, 5.41) is 4.70. The summed E-state index contributed by atoms with van der Waals surface area (Å²) in [6.07, 6.45) is 3.98. The number of hydrogen-bond acceptors (Lipinski definition) is 2. The fourth-order valence-electron chi connectivity index (χ4n) is 6.02. The molecular formula is C30H20O2. The van der Waals surface area contributed by atoms with Crippen molar-refractivity contribution < 1.29 is 8.83 Å². The van der Waals surface area contributed by atoms with Crippen LogP contribution in [0.3, 0.4) is 0 Å². The van der Waals surface area contributed by atoms with Gasteiger partial charge in [0.05, 0.1) is 0 Å². The van der Waals surface area contributed by atoms with Gasteiger partial charge in [0.15, 0.2) is 0 Å². The minimum absolute atomic E-state index is 0.955. The predicted octanol–water partition coefficient (Wildman–Crippen LogP) is 7.86. The van der Waals surface area contributed by atoms with Crippen molar-refractivity contribution in [3.05, 3.63) is 95.4 Å². The van der Waals surface area contributed by atoms with E-state index in [2.05, 4.69) is 72.8 Å². The molecular weight excluding hydrogens is 392 g/mol. The van der Waals surface area contributed by atoms with Crippen LogP contribution in [0.4, 0.5) is 0 Å². The van der Waals surface area contributed by atoms with E-state index in [0.29, 0.717) is 0 Å². The zero-order valence-electron chi connectivity index (χ0n) is 17.6. The molecule has 4 aromatic carbocycles. The first-order valence-electron chi connectivity index (χ1n) is 11.5. The third kappa shape index (κ3) is 2.05. The Morgan fingerprint density at radius 1 is 0.438 bits per heavy atom. The molecule has 32 heavy (non-hydrogen) atoms. The molecule has 0 fully saturated rings. The Morgan fingerprint density at radius 3 is 1.38 bits per heavy atom. The van der Waals surface area contributed by atoms with Crippen LogP contribution < -0.4 is 0 Å². The molecule has 0 amide bonds. The van der Waals surface area contributed by atoms with Gasteiger partial charge in [0, 0.05) is 45.5 Å². The molecule has 2 heterocycles. The Hall–Kier alpha value is -3.78. The van der Waals surface area contributed by atoms with E-state index in [4.69, 9.17) is 8.83 Å². The molecule has 0 bridgehead atoms. The summed E-state index contributed by atoms with van der Waals surface area (Å²) < 4.78 is 13.1. The topological polar surface area (TPSA) is 26.3 Å². The first-order chi connectivity index (χ1) is 15.9. The van der Waals surface area contributed by atoms with Crippen LogP contribution in [0.15, 0.2) is 81.6 Å². The smallest absolute Gasteiger partial charge is 0.142 e. The van der Waals surface area contributed by atoms with Gasteiger partial charge < -0.3 is 8.83 Å². The third-order valence-electron chi connectivity index (χ3n) is 7.47. The molecule has 6 aromatic rings. The average Bonchev–Trinajstić information content (AvgIpc) is 3.43. The van der Waals surface area contributed by atoms with Crippen molar-refractivity contribution in [3.63, 3.8) is 0 Å². The Balaban J connectivity index is 1.44. The summed E-state index contributed by atoms with van der Waals surface area (Å²) in [5.41, 5.74) is 9.98. The van der Waals surface area contributed by atoms with Crippen molar-refractivity contribution >= 4 is 32.7 Å². The van der Waals surface area contributed by atoms with Gasteiger partial charge in [0.25, 0.3) is 0 Å². The van der Waals surface area contributed by atoms with Gasteiger partial charge in [-0.05, 0) is 59.4 Å². The predicted molar refractivity (Wildman–Crippen MR) is 129 cm³/mol. The second-order valence-corrected chi connectivity index (χ2v) is 9.09. The van der Waals surface area contributed by atoms with Crippen molar-refractivity contribution in [2.45, 2.75) is 25.7 Å². The van der Waals surface area contributed by atoms with Gasteiger partial charge in [-0.15, -0.1) is 0 Å². The van der Waals surface area contributed by atoms with Crippen LogP contribution in [0.5, 0.6) is 0 Å². The molecule has 0 radical (unpaired) electrons. The quantitative estimate of drug-likeness (QED) is 0.254. The maximum absolute atomic E-state index is 6.53. The Bertz CT molecular complexity index is 1600. The fraction of sp³-hybridized carbons (Fsp3) is 0.133. The van der Waals surface area contributed by atoms with E-state index in [1.165, 1.54) is 44.2 Å². The summed E-state index contributed by atoms with van der Waals surface area (Å²) in [6.45, 7) is 0. The highest BCUT2D eigenvalue weighted by Gasteiger charge is 2.26. The van der Waals surface area contributed by atoms with E-state index in [1.807, 2.05) is 0 Å². The zero-order valence-corrected chi connectivity index (χ0v) is 17.6. The van der Waals surface area contributed by atoms with E-state index < -0.39 is 0 Å². The van der Waals surface area contributed by atoms with Gasteiger partial charge >= 0.3 is 0 Å². The molecule has 0 N–H and O–H groups in total. The first-order valence-corrected chi connectivity index (χ1v) is 11.5. The number of fused-ring (bicyclic) bond motifs is 13. The molecule has 0 saturated carbocycles. The molecule has 0 unspecified atom stereocenters. The highest BCUT2D eigenvalue weighted by atomic mass is 16.3. The average molecular weight is 412 g/mol. The number of hydrogen-bond donors (Lipinski definition) is 0. The zero-order chi connectivity index (χ0) is 20.8. The molecule has 0 spiro atoms. The van der Waals surface area contributed by atoms with Crippen molar-refractivity contribution in [1.82, 2.24) is 0 Å². The van der Waals surface area contributed by atoms with E-state index >= 15 is 0 Å². The van der Waals surface area contributed by atoms with Gasteiger partial charge in [-0.1, -0.05) is 48.5 Å². The maximum atomic E-state index is 6.53. The van der Waals surface area contributed by atoms with Gasteiger partial charge in [-0.2, -0.15) is 0 Å². The first kappa shape index (κ1) is 16.9. The van der Waals surface area contributed by atoms with Crippen molar-refractivity contribution in [2.75, 3.05) is 0 Å². The largest absolute Gasteiger partial charge is 0.460 e. The Morgan fingerprint density at radius 2 is 0.875 bits per heavy atom. The van der Waals surface area contributed by atoms with Crippen LogP contribution in [-0.2, 0) is 25.7 Å². The van der Waals surface area contributed by atoms with Gasteiger partial charge in [-0.25, -0.2) is 0 Å². The molecule has 2 aromatic heterocycles. The van der Waals surface area contributed by atoms with Crippen LogP contribution in [0, 0.1) is 0 Å². The van der Waals surface area contributed by atoms with E-state index in [-0.39, 0.29) is 0 Å². The van der Waals surface area contributed by atoms with Crippen molar-refractivity contribution in [1.29, 1.82) is 0 Å². The van der Waals surface area contributed by atoms with E-state index in [0.717, 1.165) is 59.1 Å². The molecule has 0 atom stereocenters. The Kier molecular flexibility index (Phi) is 3.12. The highest BCUT2D eigenvalue weighted by Crippen LogP contribution is 2.46. The van der Waals surface area contributed by atoms with Crippen LogP contribution in [0.25, 0.3) is 55.0 Å². The lowest BCUT2D eigenvalue weighted by molar-refractivity contribution is 0.546. The highest BCUT2D eigenvalue weighted by molar-refractivity contribution is 6.19. The van der Waals surface area contributed by atoms with Gasteiger partial charge in [0.1, 0.15) is 22.7 Å². The molecule has 0 saturated heterocycles. The minimum Gasteiger partial charge on any atom is -0.460 e. The third-order valence-corrected chi connectivity index (χ3v) is 7.47. The lowest BCUT2D eigenvalue weighted by atomic mass is 9.87. The van der Waals surface area contributed by atoms with Gasteiger partial charge in [0.2, 0.25) is 0 Å². The van der Waals surface area contributed by atoms with Crippen LogP contribution in [0.2, 0.25) is 0 Å². The van der Waals surface area contributed by atoms with Crippen molar-refractivity contribution in [3.8, 4) is 22.3 Å². The summed E-state index contributed by atoms with van der Waals surface area (Å²) >= 11 is 0. The molecule has 2 nitrogen and oxygen atoms in total. The SMILES string of the molecule is c1ccc2c(c1)CCc1oc3c(ccc4c3ccc3c5c(oc34)CCc3ccccc3-5)c1-2. The summed E-state index contributed by atoms with van der Waals surface area (Å²) in [4.78, 5) is 0. The van der Waals surface area contributed by atoms with Crippen LogP contribution >= 0.6 is 0 Å². The summed E-state index contributed by atoms with van der Waals surface area (Å²) in [7, 11) is 0. The second kappa shape index (κ2) is 5.92. The summed E-state index contributed by atoms with van der Waals surface area (Å²) in [6, 6.07) is 26.4. The van der Waals surface area contributed by atoms with Gasteiger partial charge in [-0.3, -0.25) is 0 Å². The number of rotatable bonds is 0.